The van der Waals surface area contributed by atoms with Crippen LogP contribution in [0.15, 0.2) is 84.9 Å². The molecular weight excluding hydrogens is 290 g/mol. The first-order chi connectivity index (χ1) is 11.8. The molecule has 0 fully saturated rings. The molecule has 0 aromatic heterocycles. The Morgan fingerprint density at radius 2 is 0.917 bits per heavy atom. The molecule has 1 nitrogen and oxygen atoms in total. The van der Waals surface area contributed by atoms with E-state index in [9.17, 15) is 0 Å². The van der Waals surface area contributed by atoms with Gasteiger partial charge >= 0.3 is 0 Å². The van der Waals surface area contributed by atoms with E-state index in [2.05, 4.69) is 84.6 Å². The third-order valence-electron chi connectivity index (χ3n) is 3.29. The van der Waals surface area contributed by atoms with Gasteiger partial charge in [-0.25, -0.2) is 0 Å². The summed E-state index contributed by atoms with van der Waals surface area (Å²) in [6.07, 6.45) is 0. The summed E-state index contributed by atoms with van der Waals surface area (Å²) in [5.41, 5.74) is 4.79. The maximum absolute atomic E-state index is 2.27. The summed E-state index contributed by atoms with van der Waals surface area (Å²) in [5.74, 6) is 0. The Labute approximate surface area is 147 Å². The summed E-state index contributed by atoms with van der Waals surface area (Å²) in [5, 5.41) is 0. The fourth-order valence-corrected chi connectivity index (χ4v) is 2.37. The molecule has 0 spiro atoms. The second-order valence-corrected chi connectivity index (χ2v) is 4.85. The number of para-hydroxylation sites is 2. The minimum Gasteiger partial charge on any atom is -0.310 e. The zero-order valence-electron chi connectivity index (χ0n) is 15.5. The summed E-state index contributed by atoms with van der Waals surface area (Å²) >= 11 is 0. The lowest BCUT2D eigenvalue weighted by atomic mass is 10.1. The van der Waals surface area contributed by atoms with Gasteiger partial charge in [-0.05, 0) is 48.9 Å². The van der Waals surface area contributed by atoms with Crippen LogP contribution in [-0.4, -0.2) is 0 Å². The maximum Gasteiger partial charge on any atom is 0.0464 e. The Kier molecular flexibility index (Phi) is 8.99. The molecule has 1 heteroatoms. The van der Waals surface area contributed by atoms with Crippen LogP contribution in [0.3, 0.4) is 0 Å². The predicted molar refractivity (Wildman–Crippen MR) is 109 cm³/mol. The van der Waals surface area contributed by atoms with E-state index in [0.29, 0.717) is 0 Å². The number of nitrogens with zero attached hydrogens (tertiary/aromatic N) is 1. The lowest BCUT2D eigenvalue weighted by Gasteiger charge is -2.25. The minimum atomic E-state index is 1.17. The van der Waals surface area contributed by atoms with E-state index >= 15 is 0 Å². The van der Waals surface area contributed by atoms with Crippen LogP contribution in [0, 0.1) is 6.92 Å². The lowest BCUT2D eigenvalue weighted by Crippen LogP contribution is -2.09. The SMILES string of the molecule is CC.CC.Cc1cccc(N(c2ccccc2)c2ccccc2)c1. The number of aryl methyl sites for hydroxylation is 1. The lowest BCUT2D eigenvalue weighted by molar-refractivity contribution is 1.27. The van der Waals surface area contributed by atoms with Gasteiger partial charge in [-0.3, -0.25) is 0 Å². The molecule has 0 heterocycles. The maximum atomic E-state index is 2.27. The molecule has 0 atom stereocenters. The Balaban J connectivity index is 0.000000671. The molecule has 126 valence electrons. The molecule has 24 heavy (non-hydrogen) atoms. The summed E-state index contributed by atoms with van der Waals surface area (Å²) in [7, 11) is 0. The highest BCUT2D eigenvalue weighted by molar-refractivity contribution is 5.76. The van der Waals surface area contributed by atoms with E-state index in [1.165, 1.54) is 22.6 Å². The van der Waals surface area contributed by atoms with Crippen molar-refractivity contribution in [1.82, 2.24) is 0 Å². The predicted octanol–water partition coefficient (Wildman–Crippen LogP) is 7.52. The fraction of sp³-hybridized carbons (Fsp3) is 0.217. The van der Waals surface area contributed by atoms with Crippen molar-refractivity contribution < 1.29 is 0 Å². The molecule has 0 radical (unpaired) electrons. The van der Waals surface area contributed by atoms with Gasteiger partial charge in [0.15, 0.2) is 0 Å². The molecule has 0 bridgehead atoms. The molecule has 0 N–H and O–H groups in total. The van der Waals surface area contributed by atoms with Crippen LogP contribution < -0.4 is 4.90 Å². The third-order valence-corrected chi connectivity index (χ3v) is 3.29. The van der Waals surface area contributed by atoms with E-state index in [0.717, 1.165) is 0 Å². The van der Waals surface area contributed by atoms with Crippen molar-refractivity contribution in [3.05, 3.63) is 90.5 Å². The number of rotatable bonds is 3. The van der Waals surface area contributed by atoms with Crippen LogP contribution >= 0.6 is 0 Å². The van der Waals surface area contributed by atoms with Crippen molar-refractivity contribution in [1.29, 1.82) is 0 Å². The number of benzene rings is 3. The van der Waals surface area contributed by atoms with Crippen LogP contribution in [0.2, 0.25) is 0 Å². The minimum absolute atomic E-state index is 1.17. The average molecular weight is 319 g/mol. The van der Waals surface area contributed by atoms with E-state index < -0.39 is 0 Å². The normalized spacial score (nSPS) is 9.04. The Bertz CT molecular complexity index is 635. The monoisotopic (exact) mass is 319 g/mol. The molecule has 0 saturated heterocycles. The van der Waals surface area contributed by atoms with Crippen molar-refractivity contribution in [2.75, 3.05) is 4.90 Å². The van der Waals surface area contributed by atoms with Gasteiger partial charge in [-0.1, -0.05) is 76.2 Å². The van der Waals surface area contributed by atoms with Crippen LogP contribution in [-0.2, 0) is 0 Å². The molecule has 0 aliphatic rings. The zero-order chi connectivity index (χ0) is 17.8. The average Bonchev–Trinajstić information content (AvgIpc) is 2.67. The molecule has 0 saturated carbocycles. The third kappa shape index (κ3) is 5.27. The highest BCUT2D eigenvalue weighted by Gasteiger charge is 2.11. The molecule has 3 aromatic carbocycles. The van der Waals surface area contributed by atoms with Crippen molar-refractivity contribution in [3.63, 3.8) is 0 Å². The van der Waals surface area contributed by atoms with Crippen molar-refractivity contribution >= 4 is 17.1 Å². The quantitative estimate of drug-likeness (QED) is 0.482. The Morgan fingerprint density at radius 3 is 1.33 bits per heavy atom. The van der Waals surface area contributed by atoms with E-state index in [1.807, 2.05) is 39.8 Å². The van der Waals surface area contributed by atoms with Gasteiger partial charge < -0.3 is 4.90 Å². The molecule has 3 aromatic rings. The molecule has 0 amide bonds. The van der Waals surface area contributed by atoms with Crippen LogP contribution in [0.25, 0.3) is 0 Å². The van der Waals surface area contributed by atoms with Crippen LogP contribution in [0.1, 0.15) is 33.3 Å². The second-order valence-electron chi connectivity index (χ2n) is 4.85. The molecule has 0 aliphatic carbocycles. The summed E-state index contributed by atoms with van der Waals surface area (Å²) in [6.45, 7) is 10.1. The van der Waals surface area contributed by atoms with Crippen molar-refractivity contribution in [3.8, 4) is 0 Å². The molecule has 0 aliphatic heterocycles. The second kappa shape index (κ2) is 11.1. The van der Waals surface area contributed by atoms with E-state index in [-0.39, 0.29) is 0 Å². The Hall–Kier alpha value is -2.54. The summed E-state index contributed by atoms with van der Waals surface area (Å²) in [4.78, 5) is 2.27. The van der Waals surface area contributed by atoms with Crippen molar-refractivity contribution in [2.45, 2.75) is 34.6 Å². The number of hydrogen-bond acceptors (Lipinski definition) is 1. The van der Waals surface area contributed by atoms with Gasteiger partial charge in [0.2, 0.25) is 0 Å². The first-order valence-corrected chi connectivity index (χ1v) is 8.81. The topological polar surface area (TPSA) is 3.24 Å². The van der Waals surface area contributed by atoms with Gasteiger partial charge in [0.05, 0.1) is 0 Å². The largest absolute Gasteiger partial charge is 0.310 e. The summed E-state index contributed by atoms with van der Waals surface area (Å²) in [6, 6.07) is 29.5. The number of hydrogen-bond donors (Lipinski definition) is 0. The van der Waals surface area contributed by atoms with Crippen LogP contribution in [0.4, 0.5) is 17.1 Å². The fourth-order valence-electron chi connectivity index (χ4n) is 2.37. The van der Waals surface area contributed by atoms with Gasteiger partial charge in [0, 0.05) is 17.1 Å². The van der Waals surface area contributed by atoms with Gasteiger partial charge in [-0.15, -0.1) is 0 Å². The van der Waals surface area contributed by atoms with E-state index in [4.69, 9.17) is 0 Å². The standard InChI is InChI=1S/C19H17N.2C2H6/c1-16-9-8-14-19(15-16)20(17-10-4-2-5-11-17)18-12-6-3-7-13-18;2*1-2/h2-15H,1H3;2*1-2H3. The smallest absolute Gasteiger partial charge is 0.0464 e. The molecule has 3 rings (SSSR count). The first kappa shape index (κ1) is 19.5. The highest BCUT2D eigenvalue weighted by atomic mass is 15.1. The van der Waals surface area contributed by atoms with Gasteiger partial charge in [-0.2, -0.15) is 0 Å². The Morgan fingerprint density at radius 1 is 0.500 bits per heavy atom. The molecular formula is C23H29N. The molecule has 0 unspecified atom stereocenters. The van der Waals surface area contributed by atoms with Crippen LogP contribution in [0.5, 0.6) is 0 Å². The highest BCUT2D eigenvalue weighted by Crippen LogP contribution is 2.34. The van der Waals surface area contributed by atoms with Gasteiger partial charge in [0.25, 0.3) is 0 Å². The first-order valence-electron chi connectivity index (χ1n) is 8.81. The van der Waals surface area contributed by atoms with Crippen molar-refractivity contribution in [2.24, 2.45) is 0 Å². The zero-order valence-corrected chi connectivity index (χ0v) is 15.5. The summed E-state index contributed by atoms with van der Waals surface area (Å²) < 4.78 is 0. The van der Waals surface area contributed by atoms with E-state index in [1.54, 1.807) is 0 Å². The van der Waals surface area contributed by atoms with Gasteiger partial charge in [0.1, 0.15) is 0 Å². The number of anilines is 3.